The van der Waals surface area contributed by atoms with E-state index in [1.54, 1.807) is 0 Å². The van der Waals surface area contributed by atoms with Crippen LogP contribution in [0.4, 0.5) is 0 Å². The van der Waals surface area contributed by atoms with Crippen LogP contribution in [0.25, 0.3) is 0 Å². The van der Waals surface area contributed by atoms with Crippen molar-refractivity contribution in [3.63, 3.8) is 0 Å². The number of hydrogen-bond acceptors (Lipinski definition) is 5. The normalized spacial score (nSPS) is 13.3. The topological polar surface area (TPSA) is 72.8 Å². The summed E-state index contributed by atoms with van der Waals surface area (Å²) in [7, 11) is 0. The summed E-state index contributed by atoms with van der Waals surface area (Å²) in [4.78, 5) is 21.9. The van der Waals surface area contributed by atoms with Gasteiger partial charge in [-0.2, -0.15) is 0 Å². The fraction of sp³-hybridized carbons (Fsp3) is 0.200. The number of fused-ring (bicyclic) bond motifs is 1. The zero-order chi connectivity index (χ0) is 11.0. The number of carbonyl (C=O) groups is 2. The number of aromatic hydroxyl groups is 1. The molecule has 2 rings (SSSR count). The highest BCUT2D eigenvalue weighted by Crippen LogP contribution is 2.33. The third-order valence-electron chi connectivity index (χ3n) is 2.02. The van der Waals surface area contributed by atoms with Crippen LogP contribution in [0, 0.1) is 0 Å². The monoisotopic (exact) mass is 208 g/mol. The SMILES string of the molecule is CC(=O)Oc1cc2c(cc1O)COC2=O. The van der Waals surface area contributed by atoms with Gasteiger partial charge in [-0.15, -0.1) is 0 Å². The Morgan fingerprint density at radius 3 is 2.93 bits per heavy atom. The Bertz CT molecular complexity index is 449. The molecule has 0 saturated heterocycles. The predicted octanol–water partition coefficient (Wildman–Crippen LogP) is 0.988. The second-order valence-corrected chi connectivity index (χ2v) is 3.15. The van der Waals surface area contributed by atoms with Crippen molar-refractivity contribution in [1.29, 1.82) is 0 Å². The first-order chi connectivity index (χ1) is 7.08. The lowest BCUT2D eigenvalue weighted by Crippen LogP contribution is -2.03. The minimum atomic E-state index is -0.559. The molecular formula is C10H8O5. The van der Waals surface area contributed by atoms with Gasteiger partial charge in [-0.1, -0.05) is 0 Å². The Hall–Kier alpha value is -2.04. The summed E-state index contributed by atoms with van der Waals surface area (Å²) in [5.41, 5.74) is 0.914. The van der Waals surface area contributed by atoms with Crippen LogP contribution in [-0.4, -0.2) is 17.0 Å². The smallest absolute Gasteiger partial charge is 0.339 e. The summed E-state index contributed by atoms with van der Waals surface area (Å²) < 4.78 is 9.47. The Morgan fingerprint density at radius 1 is 1.53 bits per heavy atom. The fourth-order valence-corrected chi connectivity index (χ4v) is 1.38. The summed E-state index contributed by atoms with van der Waals surface area (Å²) in [6.07, 6.45) is 0. The molecule has 0 unspecified atom stereocenters. The molecular weight excluding hydrogens is 200 g/mol. The number of phenols is 1. The highest BCUT2D eigenvalue weighted by Gasteiger charge is 2.24. The maximum absolute atomic E-state index is 11.2. The largest absolute Gasteiger partial charge is 0.504 e. The van der Waals surface area contributed by atoms with Gasteiger partial charge in [-0.25, -0.2) is 4.79 Å². The minimum Gasteiger partial charge on any atom is -0.504 e. The molecule has 0 saturated carbocycles. The molecule has 0 amide bonds. The second kappa shape index (κ2) is 3.27. The van der Waals surface area contributed by atoms with E-state index in [0.29, 0.717) is 11.1 Å². The van der Waals surface area contributed by atoms with E-state index in [4.69, 9.17) is 9.47 Å². The first-order valence-corrected chi connectivity index (χ1v) is 4.29. The zero-order valence-corrected chi connectivity index (χ0v) is 7.94. The van der Waals surface area contributed by atoms with Gasteiger partial charge in [0.2, 0.25) is 0 Å². The molecule has 15 heavy (non-hydrogen) atoms. The average molecular weight is 208 g/mol. The molecule has 5 nitrogen and oxygen atoms in total. The minimum absolute atomic E-state index is 0.0277. The van der Waals surface area contributed by atoms with Crippen molar-refractivity contribution in [1.82, 2.24) is 0 Å². The summed E-state index contributed by atoms with van der Waals surface area (Å²) in [6.45, 7) is 1.35. The van der Waals surface area contributed by atoms with E-state index < -0.39 is 11.9 Å². The molecule has 5 heteroatoms. The van der Waals surface area contributed by atoms with Gasteiger partial charge < -0.3 is 14.6 Å². The van der Waals surface area contributed by atoms with Crippen LogP contribution in [0.1, 0.15) is 22.8 Å². The summed E-state index contributed by atoms with van der Waals surface area (Å²) in [5, 5.41) is 9.47. The van der Waals surface area contributed by atoms with Crippen LogP contribution < -0.4 is 4.74 Å². The van der Waals surface area contributed by atoms with Crippen LogP contribution in [-0.2, 0) is 16.1 Å². The van der Waals surface area contributed by atoms with Gasteiger partial charge >= 0.3 is 11.9 Å². The molecule has 0 radical (unpaired) electrons. The van der Waals surface area contributed by atoms with Crippen molar-refractivity contribution in [2.24, 2.45) is 0 Å². The number of rotatable bonds is 1. The first-order valence-electron chi connectivity index (χ1n) is 4.29. The number of phenolic OH excluding ortho intramolecular Hbond substituents is 1. The van der Waals surface area contributed by atoms with Gasteiger partial charge in [0, 0.05) is 12.5 Å². The lowest BCUT2D eigenvalue weighted by atomic mass is 10.1. The van der Waals surface area contributed by atoms with Crippen molar-refractivity contribution in [2.45, 2.75) is 13.5 Å². The molecule has 0 fully saturated rings. The molecule has 1 N–H and O–H groups in total. The molecule has 1 aliphatic rings. The fourth-order valence-electron chi connectivity index (χ4n) is 1.38. The highest BCUT2D eigenvalue weighted by molar-refractivity contribution is 5.94. The molecule has 1 aromatic rings. The maximum atomic E-state index is 11.2. The van der Waals surface area contributed by atoms with E-state index in [0.717, 1.165) is 0 Å². The quantitative estimate of drug-likeness (QED) is 0.550. The highest BCUT2D eigenvalue weighted by atomic mass is 16.5. The maximum Gasteiger partial charge on any atom is 0.339 e. The van der Waals surface area contributed by atoms with Crippen molar-refractivity contribution >= 4 is 11.9 Å². The van der Waals surface area contributed by atoms with Crippen molar-refractivity contribution in [3.05, 3.63) is 23.3 Å². The van der Waals surface area contributed by atoms with Crippen LogP contribution in [0.15, 0.2) is 12.1 Å². The first kappa shape index (κ1) is 9.51. The van der Waals surface area contributed by atoms with Crippen LogP contribution in [0.3, 0.4) is 0 Å². The Morgan fingerprint density at radius 2 is 2.27 bits per heavy atom. The molecule has 0 aliphatic carbocycles. The number of carbonyl (C=O) groups excluding carboxylic acids is 2. The van der Waals surface area contributed by atoms with Gasteiger partial charge in [0.25, 0.3) is 0 Å². The van der Waals surface area contributed by atoms with Gasteiger partial charge in [0.1, 0.15) is 6.61 Å². The molecule has 0 atom stereocenters. The summed E-state index contributed by atoms with van der Waals surface area (Å²) in [6, 6.07) is 2.67. The number of hydrogen-bond donors (Lipinski definition) is 1. The lowest BCUT2D eigenvalue weighted by molar-refractivity contribution is -0.132. The Balaban J connectivity index is 2.45. The third-order valence-corrected chi connectivity index (χ3v) is 2.02. The van der Waals surface area contributed by atoms with E-state index in [1.165, 1.54) is 19.1 Å². The average Bonchev–Trinajstić information content (AvgIpc) is 2.48. The molecule has 0 aromatic heterocycles. The van der Waals surface area contributed by atoms with E-state index in [9.17, 15) is 14.7 Å². The van der Waals surface area contributed by atoms with Gasteiger partial charge in [0.15, 0.2) is 11.5 Å². The molecule has 1 aliphatic heterocycles. The third kappa shape index (κ3) is 1.63. The second-order valence-electron chi connectivity index (χ2n) is 3.15. The van der Waals surface area contributed by atoms with E-state index in [-0.39, 0.29) is 18.1 Å². The predicted molar refractivity (Wildman–Crippen MR) is 48.5 cm³/mol. The lowest BCUT2D eigenvalue weighted by Gasteiger charge is -2.04. The summed E-state index contributed by atoms with van der Waals surface area (Å²) >= 11 is 0. The van der Waals surface area contributed by atoms with Crippen molar-refractivity contribution in [3.8, 4) is 11.5 Å². The van der Waals surface area contributed by atoms with Crippen LogP contribution >= 0.6 is 0 Å². The number of ether oxygens (including phenoxy) is 2. The van der Waals surface area contributed by atoms with Crippen LogP contribution in [0.5, 0.6) is 11.5 Å². The number of esters is 2. The standard InChI is InChI=1S/C10H8O5/c1-5(11)15-9-3-7-6(2-8(9)12)4-14-10(7)13/h2-3,12H,4H2,1H3. The van der Waals surface area contributed by atoms with Gasteiger partial charge in [-0.05, 0) is 12.1 Å². The molecule has 1 heterocycles. The van der Waals surface area contributed by atoms with E-state index in [1.807, 2.05) is 0 Å². The van der Waals surface area contributed by atoms with E-state index in [2.05, 4.69) is 0 Å². The summed E-state index contributed by atoms with van der Waals surface area (Å²) in [5.74, 6) is -1.24. The molecule has 1 aromatic carbocycles. The zero-order valence-electron chi connectivity index (χ0n) is 7.94. The van der Waals surface area contributed by atoms with E-state index >= 15 is 0 Å². The molecule has 0 bridgehead atoms. The van der Waals surface area contributed by atoms with Crippen molar-refractivity contribution < 1.29 is 24.2 Å². The van der Waals surface area contributed by atoms with Crippen molar-refractivity contribution in [2.75, 3.05) is 0 Å². The molecule has 0 spiro atoms. The Kier molecular flexibility index (Phi) is 2.07. The molecule has 78 valence electrons. The Labute approximate surface area is 85.2 Å². The number of benzene rings is 1. The van der Waals surface area contributed by atoms with Crippen LogP contribution in [0.2, 0.25) is 0 Å². The van der Waals surface area contributed by atoms with Gasteiger partial charge in [-0.3, -0.25) is 4.79 Å². The van der Waals surface area contributed by atoms with Gasteiger partial charge in [0.05, 0.1) is 5.56 Å². The number of cyclic esters (lactones) is 1.